The van der Waals surface area contributed by atoms with Gasteiger partial charge in [-0.2, -0.15) is 10.5 Å². The van der Waals surface area contributed by atoms with Crippen LogP contribution in [0.2, 0.25) is 5.02 Å². The van der Waals surface area contributed by atoms with Gasteiger partial charge in [0, 0.05) is 0 Å². The molecule has 0 bridgehead atoms. The van der Waals surface area contributed by atoms with Crippen LogP contribution in [0.1, 0.15) is 11.1 Å². The van der Waals surface area contributed by atoms with E-state index in [0.717, 1.165) is 0 Å². The summed E-state index contributed by atoms with van der Waals surface area (Å²) in [4.78, 5) is -0.118. The number of rotatable bonds is 3. The second kappa shape index (κ2) is 5.84. The lowest BCUT2D eigenvalue weighted by molar-refractivity contribution is 0.601. The van der Waals surface area contributed by atoms with Crippen LogP contribution in [-0.4, -0.2) is 8.42 Å². The number of nitriles is 2. The molecule has 1 N–H and O–H groups in total. The molecule has 104 valence electrons. The third-order valence-electron chi connectivity index (χ3n) is 2.64. The van der Waals surface area contributed by atoms with Crippen LogP contribution in [0.5, 0.6) is 0 Å². The molecule has 2 aromatic carbocycles. The molecule has 5 nitrogen and oxygen atoms in total. The number of nitrogens with one attached hydrogen (secondary N) is 1. The Morgan fingerprint density at radius 1 is 1.00 bits per heavy atom. The second-order valence-corrected chi connectivity index (χ2v) is 6.08. The average Bonchev–Trinajstić information content (AvgIpc) is 2.47. The van der Waals surface area contributed by atoms with Crippen LogP contribution in [0, 0.1) is 22.7 Å². The first-order valence-electron chi connectivity index (χ1n) is 5.69. The SMILES string of the molecule is N#Cc1ccc(NS(=O)(=O)c2ccccc2C#N)cc1Cl. The lowest BCUT2D eigenvalue weighted by atomic mass is 10.2. The van der Waals surface area contributed by atoms with Crippen LogP contribution in [0.25, 0.3) is 0 Å². The Labute approximate surface area is 127 Å². The third-order valence-corrected chi connectivity index (χ3v) is 4.39. The van der Waals surface area contributed by atoms with E-state index in [1.54, 1.807) is 6.07 Å². The zero-order valence-electron chi connectivity index (χ0n) is 10.5. The van der Waals surface area contributed by atoms with Gasteiger partial charge in [-0.25, -0.2) is 8.42 Å². The molecule has 0 amide bonds. The topological polar surface area (TPSA) is 93.8 Å². The van der Waals surface area contributed by atoms with Crippen molar-refractivity contribution in [3.05, 3.63) is 58.6 Å². The van der Waals surface area contributed by atoms with E-state index in [1.165, 1.54) is 36.4 Å². The molecular formula is C14H8ClN3O2S. The van der Waals surface area contributed by atoms with Crippen molar-refractivity contribution in [2.45, 2.75) is 4.90 Å². The van der Waals surface area contributed by atoms with E-state index in [2.05, 4.69) is 4.72 Å². The van der Waals surface area contributed by atoms with Crippen LogP contribution in [0.3, 0.4) is 0 Å². The molecule has 0 atom stereocenters. The molecule has 0 heterocycles. The van der Waals surface area contributed by atoms with Crippen molar-refractivity contribution >= 4 is 27.3 Å². The minimum absolute atomic E-state index is 0.0461. The smallest absolute Gasteiger partial charge is 0.263 e. The summed E-state index contributed by atoms with van der Waals surface area (Å²) in [5.74, 6) is 0. The van der Waals surface area contributed by atoms with Gasteiger partial charge in [-0.05, 0) is 30.3 Å². The molecule has 0 spiro atoms. The Bertz CT molecular complexity index is 880. The highest BCUT2D eigenvalue weighted by molar-refractivity contribution is 7.92. The first-order chi connectivity index (χ1) is 9.97. The number of hydrogen-bond donors (Lipinski definition) is 1. The molecule has 0 unspecified atom stereocenters. The van der Waals surface area contributed by atoms with Gasteiger partial charge in [0.05, 0.1) is 21.8 Å². The van der Waals surface area contributed by atoms with Crippen molar-refractivity contribution in [3.8, 4) is 12.1 Å². The molecule has 0 aliphatic carbocycles. The Balaban J connectivity index is 2.41. The van der Waals surface area contributed by atoms with Gasteiger partial charge in [-0.15, -0.1) is 0 Å². The summed E-state index contributed by atoms with van der Waals surface area (Å²) in [6.07, 6.45) is 0. The van der Waals surface area contributed by atoms with Crippen molar-refractivity contribution in [2.24, 2.45) is 0 Å². The van der Waals surface area contributed by atoms with Gasteiger partial charge in [-0.3, -0.25) is 4.72 Å². The van der Waals surface area contributed by atoms with Crippen LogP contribution < -0.4 is 4.72 Å². The first-order valence-corrected chi connectivity index (χ1v) is 7.55. The first kappa shape index (κ1) is 14.9. The second-order valence-electron chi connectivity index (χ2n) is 4.02. The van der Waals surface area contributed by atoms with Crippen molar-refractivity contribution in [1.29, 1.82) is 10.5 Å². The summed E-state index contributed by atoms with van der Waals surface area (Å²) in [5, 5.41) is 17.9. The monoisotopic (exact) mass is 317 g/mol. The summed E-state index contributed by atoms with van der Waals surface area (Å²) in [7, 11) is -3.91. The summed E-state index contributed by atoms with van der Waals surface area (Å²) in [5.41, 5.74) is 0.508. The number of sulfonamides is 1. The zero-order valence-corrected chi connectivity index (χ0v) is 12.1. The predicted molar refractivity (Wildman–Crippen MR) is 78.1 cm³/mol. The average molecular weight is 318 g/mol. The number of anilines is 1. The Kier molecular flexibility index (Phi) is 4.13. The lowest BCUT2D eigenvalue weighted by Gasteiger charge is -2.09. The van der Waals surface area contributed by atoms with Crippen LogP contribution >= 0.6 is 11.6 Å². The zero-order chi connectivity index (χ0) is 15.5. The third kappa shape index (κ3) is 3.14. The van der Waals surface area contributed by atoms with Gasteiger partial charge in [0.25, 0.3) is 10.0 Å². The Morgan fingerprint density at radius 3 is 2.29 bits per heavy atom. The van der Waals surface area contributed by atoms with E-state index in [0.29, 0.717) is 0 Å². The summed E-state index contributed by atoms with van der Waals surface area (Å²) >= 11 is 5.85. The minimum Gasteiger partial charge on any atom is -0.280 e. The molecule has 0 fully saturated rings. The van der Waals surface area contributed by atoms with Crippen LogP contribution in [0.15, 0.2) is 47.4 Å². The van der Waals surface area contributed by atoms with Gasteiger partial charge in [-0.1, -0.05) is 23.7 Å². The van der Waals surface area contributed by atoms with Crippen molar-refractivity contribution in [2.75, 3.05) is 4.72 Å². The summed E-state index contributed by atoms with van der Waals surface area (Å²) < 4.78 is 26.9. The van der Waals surface area contributed by atoms with Crippen molar-refractivity contribution in [3.63, 3.8) is 0 Å². The Morgan fingerprint density at radius 2 is 1.67 bits per heavy atom. The fraction of sp³-hybridized carbons (Fsp3) is 0. The molecule has 21 heavy (non-hydrogen) atoms. The van der Waals surface area contributed by atoms with Gasteiger partial charge in [0.15, 0.2) is 0 Å². The fourth-order valence-corrected chi connectivity index (χ4v) is 3.10. The van der Waals surface area contributed by atoms with Gasteiger partial charge in [0.1, 0.15) is 17.0 Å². The molecule has 0 radical (unpaired) electrons. The number of nitrogens with zero attached hydrogens (tertiary/aromatic N) is 2. The predicted octanol–water partition coefficient (Wildman–Crippen LogP) is 2.88. The van der Waals surface area contributed by atoms with E-state index in [1.807, 2.05) is 12.1 Å². The molecule has 2 aromatic rings. The van der Waals surface area contributed by atoms with E-state index in [-0.39, 0.29) is 26.7 Å². The number of hydrogen-bond acceptors (Lipinski definition) is 4. The van der Waals surface area contributed by atoms with E-state index >= 15 is 0 Å². The summed E-state index contributed by atoms with van der Waals surface area (Å²) in [6.45, 7) is 0. The van der Waals surface area contributed by atoms with Gasteiger partial charge < -0.3 is 0 Å². The molecule has 0 aromatic heterocycles. The molecule has 2 rings (SSSR count). The van der Waals surface area contributed by atoms with E-state index in [9.17, 15) is 8.42 Å². The maximum Gasteiger partial charge on any atom is 0.263 e. The highest BCUT2D eigenvalue weighted by Crippen LogP contribution is 2.23. The minimum atomic E-state index is -3.91. The summed E-state index contributed by atoms with van der Waals surface area (Å²) in [6, 6.07) is 13.8. The lowest BCUT2D eigenvalue weighted by Crippen LogP contribution is -2.14. The normalized spacial score (nSPS) is 10.4. The molecule has 7 heteroatoms. The molecule has 0 aliphatic heterocycles. The highest BCUT2D eigenvalue weighted by atomic mass is 35.5. The fourth-order valence-electron chi connectivity index (χ4n) is 1.67. The van der Waals surface area contributed by atoms with Crippen LogP contribution in [-0.2, 0) is 10.0 Å². The quantitative estimate of drug-likeness (QED) is 0.941. The molecule has 0 saturated heterocycles. The van der Waals surface area contributed by atoms with Gasteiger partial charge in [0.2, 0.25) is 0 Å². The maximum absolute atomic E-state index is 12.3. The molecule has 0 saturated carbocycles. The number of halogens is 1. The Hall–Kier alpha value is -2.54. The number of benzene rings is 2. The van der Waals surface area contributed by atoms with Gasteiger partial charge >= 0.3 is 0 Å². The largest absolute Gasteiger partial charge is 0.280 e. The molecule has 0 aliphatic rings. The standard InChI is InChI=1S/C14H8ClN3O2S/c15-13-7-12(6-5-10(13)8-16)18-21(19,20)14-4-2-1-3-11(14)9-17/h1-7,18H. The van der Waals surface area contributed by atoms with Crippen molar-refractivity contribution < 1.29 is 8.42 Å². The maximum atomic E-state index is 12.3. The highest BCUT2D eigenvalue weighted by Gasteiger charge is 2.18. The van der Waals surface area contributed by atoms with E-state index < -0.39 is 10.0 Å². The van der Waals surface area contributed by atoms with Crippen LogP contribution in [0.4, 0.5) is 5.69 Å². The van der Waals surface area contributed by atoms with Crippen molar-refractivity contribution in [1.82, 2.24) is 0 Å². The van der Waals surface area contributed by atoms with E-state index in [4.69, 9.17) is 22.1 Å². The molecular weight excluding hydrogens is 310 g/mol.